The van der Waals surface area contributed by atoms with E-state index in [1.165, 1.54) is 6.42 Å². The van der Waals surface area contributed by atoms with Crippen LogP contribution in [0.15, 0.2) is 0 Å². The Kier molecular flexibility index (Phi) is 1.29. The van der Waals surface area contributed by atoms with Crippen molar-refractivity contribution >= 4 is 6.47 Å². The summed E-state index contributed by atoms with van der Waals surface area (Å²) in [4.78, 5) is 9.59. The van der Waals surface area contributed by atoms with Crippen LogP contribution in [0.2, 0.25) is 0 Å². The van der Waals surface area contributed by atoms with E-state index in [0.717, 1.165) is 12.8 Å². The van der Waals surface area contributed by atoms with Gasteiger partial charge in [0.05, 0.1) is 0 Å². The molecule has 1 aliphatic rings. The Morgan fingerprint density at radius 2 is 2.29 bits per heavy atom. The SMILES string of the molecule is O=COC1CCC1. The Balaban J connectivity index is 2.03. The Bertz CT molecular complexity index is 66.5. The lowest BCUT2D eigenvalue weighted by molar-refractivity contribution is -0.137. The van der Waals surface area contributed by atoms with Crippen molar-refractivity contribution in [1.29, 1.82) is 0 Å². The molecule has 0 unspecified atom stereocenters. The van der Waals surface area contributed by atoms with Crippen molar-refractivity contribution < 1.29 is 9.53 Å². The number of carbonyl (C=O) groups is 1. The standard InChI is InChI=1S/C5H8O2/c6-4-7-5-2-1-3-5/h4-5H,1-3H2. The van der Waals surface area contributed by atoms with Gasteiger partial charge in [0.15, 0.2) is 0 Å². The van der Waals surface area contributed by atoms with Gasteiger partial charge in [-0.2, -0.15) is 0 Å². The fourth-order valence-corrected chi connectivity index (χ4v) is 0.585. The molecular formula is C5H8O2. The molecule has 2 nitrogen and oxygen atoms in total. The lowest BCUT2D eigenvalue weighted by atomic mass is 9.96. The Morgan fingerprint density at radius 3 is 2.43 bits per heavy atom. The molecule has 0 saturated heterocycles. The first-order valence-corrected chi connectivity index (χ1v) is 2.52. The van der Waals surface area contributed by atoms with Gasteiger partial charge in [0, 0.05) is 0 Å². The number of hydrogen-bond donors (Lipinski definition) is 0. The third-order valence-electron chi connectivity index (χ3n) is 1.30. The summed E-state index contributed by atoms with van der Waals surface area (Å²) < 4.78 is 4.60. The van der Waals surface area contributed by atoms with Crippen LogP contribution in [0, 0.1) is 0 Å². The molecule has 0 N–H and O–H groups in total. The molecule has 0 aromatic rings. The fourth-order valence-electron chi connectivity index (χ4n) is 0.585. The normalized spacial score (nSPS) is 20.6. The molecule has 0 heterocycles. The molecule has 0 aromatic carbocycles. The van der Waals surface area contributed by atoms with Gasteiger partial charge >= 0.3 is 0 Å². The molecule has 0 spiro atoms. The maximum Gasteiger partial charge on any atom is 0.293 e. The predicted octanol–water partition coefficient (Wildman–Crippen LogP) is 0.712. The Hall–Kier alpha value is -0.530. The van der Waals surface area contributed by atoms with Crippen molar-refractivity contribution in [3.63, 3.8) is 0 Å². The minimum atomic E-state index is 0.262. The molecule has 40 valence electrons. The van der Waals surface area contributed by atoms with Crippen molar-refractivity contribution in [1.82, 2.24) is 0 Å². The average molecular weight is 100 g/mol. The maximum absolute atomic E-state index is 9.59. The van der Waals surface area contributed by atoms with E-state index >= 15 is 0 Å². The summed E-state index contributed by atoms with van der Waals surface area (Å²) in [6.45, 7) is 0.532. The van der Waals surface area contributed by atoms with E-state index in [4.69, 9.17) is 0 Å². The first-order valence-electron chi connectivity index (χ1n) is 2.52. The zero-order chi connectivity index (χ0) is 5.11. The van der Waals surface area contributed by atoms with Gasteiger partial charge in [0.2, 0.25) is 0 Å². The van der Waals surface area contributed by atoms with Gasteiger partial charge in [-0.05, 0) is 19.3 Å². The van der Waals surface area contributed by atoms with Crippen LogP contribution in [0.4, 0.5) is 0 Å². The van der Waals surface area contributed by atoms with Gasteiger partial charge in [0.25, 0.3) is 6.47 Å². The summed E-state index contributed by atoms with van der Waals surface area (Å²) in [5, 5.41) is 0. The molecule has 7 heavy (non-hydrogen) atoms. The third kappa shape index (κ3) is 0.918. The van der Waals surface area contributed by atoms with Crippen LogP contribution in [-0.4, -0.2) is 12.6 Å². The van der Waals surface area contributed by atoms with Crippen LogP contribution in [0.5, 0.6) is 0 Å². The van der Waals surface area contributed by atoms with Gasteiger partial charge in [-0.3, -0.25) is 4.79 Å². The van der Waals surface area contributed by atoms with E-state index in [-0.39, 0.29) is 6.10 Å². The molecule has 1 rings (SSSR count). The quantitative estimate of drug-likeness (QED) is 0.478. The molecule has 1 saturated carbocycles. The van der Waals surface area contributed by atoms with Crippen molar-refractivity contribution in [3.05, 3.63) is 0 Å². The van der Waals surface area contributed by atoms with E-state index in [1.807, 2.05) is 0 Å². The smallest absolute Gasteiger partial charge is 0.293 e. The van der Waals surface area contributed by atoms with Crippen LogP contribution in [0.3, 0.4) is 0 Å². The van der Waals surface area contributed by atoms with Crippen molar-refractivity contribution in [2.24, 2.45) is 0 Å². The monoisotopic (exact) mass is 100 g/mol. The lowest BCUT2D eigenvalue weighted by Gasteiger charge is -2.22. The van der Waals surface area contributed by atoms with Crippen LogP contribution >= 0.6 is 0 Å². The summed E-state index contributed by atoms with van der Waals surface area (Å²) in [7, 11) is 0. The number of hydrogen-bond acceptors (Lipinski definition) is 2. The summed E-state index contributed by atoms with van der Waals surface area (Å²) in [6, 6.07) is 0. The fraction of sp³-hybridized carbons (Fsp3) is 0.800. The summed E-state index contributed by atoms with van der Waals surface area (Å²) in [6.07, 6.45) is 3.62. The van der Waals surface area contributed by atoms with E-state index in [2.05, 4.69) is 4.74 Å². The van der Waals surface area contributed by atoms with Gasteiger partial charge < -0.3 is 4.74 Å². The highest BCUT2D eigenvalue weighted by atomic mass is 16.5. The Labute approximate surface area is 42.5 Å². The topological polar surface area (TPSA) is 26.3 Å². The lowest BCUT2D eigenvalue weighted by Crippen LogP contribution is -2.20. The molecular weight excluding hydrogens is 92.1 g/mol. The Morgan fingerprint density at radius 1 is 1.57 bits per heavy atom. The molecule has 0 amide bonds. The van der Waals surface area contributed by atoms with Gasteiger partial charge in [0.1, 0.15) is 6.10 Å². The van der Waals surface area contributed by atoms with Crippen LogP contribution in [-0.2, 0) is 9.53 Å². The van der Waals surface area contributed by atoms with Crippen LogP contribution in [0.25, 0.3) is 0 Å². The first kappa shape index (κ1) is 4.62. The summed E-state index contributed by atoms with van der Waals surface area (Å²) in [5.41, 5.74) is 0. The zero-order valence-electron chi connectivity index (χ0n) is 4.09. The van der Waals surface area contributed by atoms with E-state index < -0.39 is 0 Å². The first-order chi connectivity index (χ1) is 3.43. The third-order valence-corrected chi connectivity index (χ3v) is 1.30. The number of rotatable bonds is 2. The number of carbonyl (C=O) groups excluding carboxylic acids is 1. The second kappa shape index (κ2) is 1.96. The second-order valence-electron chi connectivity index (χ2n) is 1.79. The highest BCUT2D eigenvalue weighted by molar-refractivity contribution is 5.37. The van der Waals surface area contributed by atoms with E-state index in [0.29, 0.717) is 6.47 Å². The van der Waals surface area contributed by atoms with Crippen molar-refractivity contribution in [2.75, 3.05) is 0 Å². The summed E-state index contributed by atoms with van der Waals surface area (Å²) in [5.74, 6) is 0. The molecule has 1 aliphatic carbocycles. The number of ether oxygens (including phenoxy) is 1. The maximum atomic E-state index is 9.59. The van der Waals surface area contributed by atoms with Crippen molar-refractivity contribution in [3.8, 4) is 0 Å². The molecule has 0 aromatic heterocycles. The second-order valence-corrected chi connectivity index (χ2v) is 1.79. The van der Waals surface area contributed by atoms with Crippen molar-refractivity contribution in [2.45, 2.75) is 25.4 Å². The van der Waals surface area contributed by atoms with E-state index in [9.17, 15) is 4.79 Å². The van der Waals surface area contributed by atoms with Crippen LogP contribution in [0.1, 0.15) is 19.3 Å². The summed E-state index contributed by atoms with van der Waals surface area (Å²) >= 11 is 0. The highest BCUT2D eigenvalue weighted by Gasteiger charge is 2.17. The minimum Gasteiger partial charge on any atom is -0.465 e. The van der Waals surface area contributed by atoms with Crippen LogP contribution < -0.4 is 0 Å². The average Bonchev–Trinajstić information content (AvgIpc) is 1.55. The largest absolute Gasteiger partial charge is 0.465 e. The van der Waals surface area contributed by atoms with Gasteiger partial charge in [-0.25, -0.2) is 0 Å². The molecule has 1 fully saturated rings. The zero-order valence-corrected chi connectivity index (χ0v) is 4.09. The highest BCUT2D eigenvalue weighted by Crippen LogP contribution is 2.20. The predicted molar refractivity (Wildman–Crippen MR) is 24.8 cm³/mol. The molecule has 0 aliphatic heterocycles. The van der Waals surface area contributed by atoms with Gasteiger partial charge in [-0.15, -0.1) is 0 Å². The molecule has 2 heteroatoms. The molecule has 0 bridgehead atoms. The van der Waals surface area contributed by atoms with Gasteiger partial charge in [-0.1, -0.05) is 0 Å². The minimum absolute atomic E-state index is 0.262. The van der Waals surface area contributed by atoms with E-state index in [1.54, 1.807) is 0 Å². The molecule has 0 atom stereocenters. The molecule has 0 radical (unpaired) electrons.